The Morgan fingerprint density at radius 1 is 0.681 bits per heavy atom. The van der Waals surface area contributed by atoms with E-state index in [-0.39, 0.29) is 41.7 Å². The summed E-state index contributed by atoms with van der Waals surface area (Å²) in [4.78, 5) is 60.6. The van der Waals surface area contributed by atoms with Crippen molar-refractivity contribution in [2.24, 2.45) is 0 Å². The maximum Gasteiger partial charge on any atom is 2.00 e. The molecule has 2 aromatic carbocycles. The van der Waals surface area contributed by atoms with Gasteiger partial charge in [0.05, 0.1) is 48.8 Å². The van der Waals surface area contributed by atoms with Crippen molar-refractivity contribution < 1.29 is 46.5 Å². The smallest absolute Gasteiger partial charge is 0.548 e. The first-order valence-corrected chi connectivity index (χ1v) is 14.8. The summed E-state index contributed by atoms with van der Waals surface area (Å²) in [5.41, 5.74) is 5.77. The molecule has 0 spiro atoms. The zero-order valence-electron chi connectivity index (χ0n) is 25.1. The van der Waals surface area contributed by atoms with Crippen molar-refractivity contribution in [1.29, 1.82) is 0 Å². The van der Waals surface area contributed by atoms with Gasteiger partial charge in [-0.2, -0.15) is 0 Å². The number of carbonyl (C=O) groups excluding carboxylic acids is 4. The number of nitrogens with zero attached hydrogens (tertiary/aromatic N) is 2. The minimum atomic E-state index is -1.32. The van der Waals surface area contributed by atoms with Gasteiger partial charge in [-0.25, -0.2) is 9.97 Å². The van der Waals surface area contributed by atoms with E-state index < -0.39 is 36.1 Å². The van der Waals surface area contributed by atoms with Crippen molar-refractivity contribution in [2.75, 3.05) is 0 Å². The van der Waals surface area contributed by atoms with E-state index in [4.69, 9.17) is 0 Å². The number of carbonyl (C=O) groups is 4. The fourth-order valence-electron chi connectivity index (χ4n) is 5.44. The van der Waals surface area contributed by atoms with E-state index in [1.165, 1.54) is 25.0 Å². The van der Waals surface area contributed by atoms with E-state index in [2.05, 4.69) is 41.2 Å². The normalized spacial score (nSPS) is 17.6. The van der Waals surface area contributed by atoms with Crippen LogP contribution < -0.4 is 31.5 Å². The summed E-state index contributed by atoms with van der Waals surface area (Å²) in [6.45, 7) is 1.18. The van der Waals surface area contributed by atoms with Crippen LogP contribution in [0.1, 0.15) is 33.6 Å². The summed E-state index contributed by atoms with van der Waals surface area (Å²) in [5, 5.41) is 33.9. The molecule has 2 aliphatic heterocycles. The third-order valence-corrected chi connectivity index (χ3v) is 7.96. The van der Waals surface area contributed by atoms with Crippen LogP contribution in [0.5, 0.6) is 0 Å². The SMILES string of the molecule is O=C([O-])C(Cc1cnc[nH]1)NC(=O)[C@@H]1Cc2ccccc2CN1.O=C([O-])C(Cc1cnc[nH]1)NC(=O)[C@@H]1Cc2ccccc2CN1.[Cu+2]. The zero-order valence-corrected chi connectivity index (χ0v) is 26.1. The first-order valence-electron chi connectivity index (χ1n) is 14.8. The molecule has 6 N–H and O–H groups in total. The van der Waals surface area contributed by atoms with E-state index in [9.17, 15) is 29.4 Å². The predicted molar refractivity (Wildman–Crippen MR) is 160 cm³/mol. The first-order chi connectivity index (χ1) is 22.3. The molecule has 0 fully saturated rings. The second-order valence-corrected chi connectivity index (χ2v) is 11.1. The Morgan fingerprint density at radius 3 is 1.40 bits per heavy atom. The van der Waals surface area contributed by atoms with Crippen LogP contribution in [-0.4, -0.2) is 67.9 Å². The van der Waals surface area contributed by atoms with Gasteiger partial charge < -0.3 is 51.0 Å². The number of nitrogens with one attached hydrogen (secondary N) is 6. The molecule has 2 aromatic heterocycles. The summed E-state index contributed by atoms with van der Waals surface area (Å²) >= 11 is 0. The number of amides is 2. The number of aromatic amines is 2. The fraction of sp³-hybridized carbons (Fsp3) is 0.312. The Morgan fingerprint density at radius 2 is 1.06 bits per heavy atom. The topological polar surface area (TPSA) is 220 Å². The first kappa shape index (κ1) is 35.0. The van der Waals surface area contributed by atoms with Gasteiger partial charge in [-0.3, -0.25) is 9.59 Å². The largest absolute Gasteiger partial charge is 2.00 e. The summed E-state index contributed by atoms with van der Waals surface area (Å²) in [7, 11) is 0. The second kappa shape index (κ2) is 16.7. The third kappa shape index (κ3) is 9.59. The standard InChI is InChI=1S/2C16H18N4O3.Cu/c2*21-15(13-5-10-3-1-2-4-11(10)7-18-13)20-14(16(22)23)6-12-8-17-9-19-12;/h2*1-4,8-9,13-14,18H,5-7H2,(H,17,19)(H,20,21)(H,22,23);/q;;+2/p-2/t2*13-,14?;/m00./s1. The Balaban J connectivity index is 0.000000208. The van der Waals surface area contributed by atoms with Crippen molar-refractivity contribution in [3.63, 3.8) is 0 Å². The van der Waals surface area contributed by atoms with Crippen molar-refractivity contribution in [3.8, 4) is 0 Å². The molecule has 6 rings (SSSR count). The van der Waals surface area contributed by atoms with E-state index >= 15 is 0 Å². The number of benzene rings is 2. The summed E-state index contributed by atoms with van der Waals surface area (Å²) in [6, 6.07) is 12.7. The third-order valence-electron chi connectivity index (χ3n) is 7.96. The van der Waals surface area contributed by atoms with Gasteiger partial charge in [0.2, 0.25) is 11.8 Å². The van der Waals surface area contributed by atoms with Crippen LogP contribution in [0.3, 0.4) is 0 Å². The maximum absolute atomic E-state index is 12.4. The quantitative estimate of drug-likeness (QED) is 0.0987. The molecule has 14 nitrogen and oxygen atoms in total. The Hall–Kier alpha value is -4.82. The molecule has 4 aromatic rings. The van der Waals surface area contributed by atoms with Gasteiger partial charge in [-0.15, -0.1) is 0 Å². The Kier molecular flexibility index (Phi) is 12.4. The minimum Gasteiger partial charge on any atom is -0.548 e. The van der Waals surface area contributed by atoms with E-state index in [0.717, 1.165) is 22.3 Å². The molecule has 47 heavy (non-hydrogen) atoms. The number of aromatic nitrogens is 4. The van der Waals surface area contributed by atoms with Crippen LogP contribution in [0, 0.1) is 0 Å². The summed E-state index contributed by atoms with van der Waals surface area (Å²) < 4.78 is 0. The fourth-order valence-corrected chi connectivity index (χ4v) is 5.44. The van der Waals surface area contributed by atoms with Crippen LogP contribution in [0.2, 0.25) is 0 Å². The molecule has 4 atom stereocenters. The number of fused-ring (bicyclic) bond motifs is 2. The zero-order chi connectivity index (χ0) is 32.5. The average molecular weight is 690 g/mol. The molecule has 0 saturated heterocycles. The second-order valence-electron chi connectivity index (χ2n) is 11.1. The Bertz CT molecular complexity index is 1530. The van der Waals surface area contributed by atoms with Crippen LogP contribution in [0.4, 0.5) is 0 Å². The van der Waals surface area contributed by atoms with Crippen molar-refractivity contribution in [2.45, 2.75) is 62.9 Å². The maximum atomic E-state index is 12.4. The van der Waals surface area contributed by atoms with Crippen LogP contribution in [0.15, 0.2) is 73.6 Å². The number of hydrogen-bond donors (Lipinski definition) is 6. The monoisotopic (exact) mass is 689 g/mol. The van der Waals surface area contributed by atoms with Gasteiger partial charge in [0.1, 0.15) is 0 Å². The number of aliphatic carboxylic acids is 2. The molecule has 2 amide bonds. The van der Waals surface area contributed by atoms with Gasteiger partial charge in [-0.1, -0.05) is 48.5 Å². The van der Waals surface area contributed by atoms with Crippen molar-refractivity contribution in [3.05, 3.63) is 107 Å². The van der Waals surface area contributed by atoms with Gasteiger partial charge in [-0.05, 0) is 35.1 Å². The van der Waals surface area contributed by atoms with E-state index in [1.54, 1.807) is 0 Å². The van der Waals surface area contributed by atoms with Crippen molar-refractivity contribution in [1.82, 2.24) is 41.2 Å². The molecule has 2 aliphatic rings. The number of imidazole rings is 2. The molecule has 249 valence electrons. The summed E-state index contributed by atoms with van der Waals surface area (Å²) in [5.74, 6) is -3.31. The van der Waals surface area contributed by atoms with E-state index in [0.29, 0.717) is 37.3 Å². The number of carboxylic acids is 2. The molecular weight excluding hydrogens is 656 g/mol. The predicted octanol–water partition coefficient (Wildman–Crippen LogP) is -2.20. The summed E-state index contributed by atoms with van der Waals surface area (Å²) in [6.07, 6.45) is 7.26. The molecular formula is C32H34CuN8O6. The molecule has 0 bridgehead atoms. The molecule has 0 aliphatic carbocycles. The molecule has 2 unspecified atom stereocenters. The average Bonchev–Trinajstić information content (AvgIpc) is 3.78. The van der Waals surface area contributed by atoms with Crippen LogP contribution in [-0.2, 0) is 75.0 Å². The number of carboxylic acid groups (broad SMARTS) is 2. The van der Waals surface area contributed by atoms with Crippen LogP contribution in [0.25, 0.3) is 0 Å². The number of H-pyrrole nitrogens is 2. The minimum absolute atomic E-state index is 0. The van der Waals surface area contributed by atoms with E-state index in [1.807, 2.05) is 48.5 Å². The molecule has 0 saturated carbocycles. The van der Waals surface area contributed by atoms with Gasteiger partial charge in [0.25, 0.3) is 0 Å². The van der Waals surface area contributed by atoms with Crippen LogP contribution >= 0.6 is 0 Å². The number of rotatable bonds is 10. The van der Waals surface area contributed by atoms with Gasteiger partial charge in [0.15, 0.2) is 0 Å². The Labute approximate surface area is 281 Å². The molecule has 1 radical (unpaired) electrons. The van der Waals surface area contributed by atoms with Gasteiger partial charge in [0, 0.05) is 49.7 Å². The molecule has 15 heteroatoms. The van der Waals surface area contributed by atoms with Gasteiger partial charge >= 0.3 is 17.1 Å². The molecule has 4 heterocycles. The number of hydrogen-bond acceptors (Lipinski definition) is 10. The van der Waals surface area contributed by atoms with Crippen molar-refractivity contribution >= 4 is 23.8 Å².